The summed E-state index contributed by atoms with van der Waals surface area (Å²) in [5, 5.41) is 9.03. The molecule has 1 unspecified atom stereocenters. The quantitative estimate of drug-likeness (QED) is 0.897. The lowest BCUT2D eigenvalue weighted by Gasteiger charge is -2.29. The fourth-order valence-electron chi connectivity index (χ4n) is 2.25. The number of benzene rings is 1. The van der Waals surface area contributed by atoms with E-state index in [0.29, 0.717) is 12.8 Å². The molecule has 1 heterocycles. The predicted molar refractivity (Wildman–Crippen MR) is 73.7 cm³/mol. The Morgan fingerprint density at radius 3 is 2.74 bits per heavy atom. The number of likely N-dealkylation sites (N-methyl/N-ethyl adjacent to an activating group) is 1. The van der Waals surface area contributed by atoms with E-state index >= 15 is 0 Å². The second-order valence-corrected chi connectivity index (χ2v) is 4.89. The van der Waals surface area contributed by atoms with Crippen molar-refractivity contribution in [1.82, 2.24) is 0 Å². The number of aliphatic carboxylic acids is 1. The van der Waals surface area contributed by atoms with Gasteiger partial charge in [-0.3, -0.25) is 4.79 Å². The van der Waals surface area contributed by atoms with E-state index < -0.39 is 12.0 Å². The van der Waals surface area contributed by atoms with Gasteiger partial charge in [-0.05, 0) is 37.1 Å². The first-order valence-electron chi connectivity index (χ1n) is 6.27. The molecule has 1 amide bonds. The molecule has 0 bridgehead atoms. The Labute approximate surface area is 112 Å². The van der Waals surface area contributed by atoms with Crippen LogP contribution in [0.5, 0.6) is 0 Å². The average molecular weight is 262 g/mol. The monoisotopic (exact) mass is 262 g/mol. The summed E-state index contributed by atoms with van der Waals surface area (Å²) < 4.78 is 0. The summed E-state index contributed by atoms with van der Waals surface area (Å²) in [6.45, 7) is 1.65. The predicted octanol–water partition coefficient (Wildman–Crippen LogP) is 1.50. The van der Waals surface area contributed by atoms with Crippen molar-refractivity contribution in [2.75, 3.05) is 23.9 Å². The molecule has 5 heteroatoms. The molecule has 19 heavy (non-hydrogen) atoms. The number of carboxylic acid groups (broad SMARTS) is 1. The molecule has 1 aromatic carbocycles. The third kappa shape index (κ3) is 2.41. The molecule has 102 valence electrons. The number of carboxylic acids is 1. The summed E-state index contributed by atoms with van der Waals surface area (Å²) in [5.74, 6) is -0.736. The van der Waals surface area contributed by atoms with E-state index in [-0.39, 0.29) is 5.91 Å². The molecule has 0 radical (unpaired) electrons. The topological polar surface area (TPSA) is 60.9 Å². The van der Waals surface area contributed by atoms with E-state index in [1.54, 1.807) is 30.8 Å². The molecular formula is C14H18N2O3. The van der Waals surface area contributed by atoms with Gasteiger partial charge in [-0.25, -0.2) is 4.79 Å². The number of hydrogen-bond acceptors (Lipinski definition) is 3. The van der Waals surface area contributed by atoms with Gasteiger partial charge in [-0.2, -0.15) is 0 Å². The molecule has 1 aromatic rings. The maximum Gasteiger partial charge on any atom is 0.326 e. The van der Waals surface area contributed by atoms with Gasteiger partial charge in [-0.1, -0.05) is 0 Å². The van der Waals surface area contributed by atoms with Crippen molar-refractivity contribution >= 4 is 23.3 Å². The van der Waals surface area contributed by atoms with Gasteiger partial charge >= 0.3 is 5.97 Å². The maximum atomic E-state index is 11.6. The number of amides is 1. The second kappa shape index (κ2) is 4.91. The van der Waals surface area contributed by atoms with Gasteiger partial charge < -0.3 is 14.9 Å². The Morgan fingerprint density at radius 2 is 2.11 bits per heavy atom. The molecule has 2 rings (SSSR count). The van der Waals surface area contributed by atoms with Crippen LogP contribution in [0.4, 0.5) is 11.4 Å². The number of fused-ring (bicyclic) bond motifs is 1. The van der Waals surface area contributed by atoms with Crippen LogP contribution in [0.1, 0.15) is 18.9 Å². The first-order chi connectivity index (χ1) is 8.91. The van der Waals surface area contributed by atoms with E-state index in [0.717, 1.165) is 16.9 Å². The highest BCUT2D eigenvalue weighted by atomic mass is 16.4. The molecule has 1 aliphatic rings. The molecule has 1 atom stereocenters. The minimum atomic E-state index is -0.854. The van der Waals surface area contributed by atoms with E-state index in [1.165, 1.54) is 0 Å². The van der Waals surface area contributed by atoms with Gasteiger partial charge in [0.2, 0.25) is 5.91 Å². The Balaban J connectivity index is 2.32. The first kappa shape index (κ1) is 13.4. The molecule has 0 saturated carbocycles. The zero-order valence-electron chi connectivity index (χ0n) is 11.4. The Bertz CT molecular complexity index is 527. The summed E-state index contributed by atoms with van der Waals surface area (Å²) in [5.41, 5.74) is 2.86. The zero-order valence-corrected chi connectivity index (χ0v) is 11.4. The van der Waals surface area contributed by atoms with Gasteiger partial charge in [0, 0.05) is 31.9 Å². The van der Waals surface area contributed by atoms with Crippen molar-refractivity contribution in [3.05, 3.63) is 23.8 Å². The molecule has 1 N–H and O–H groups in total. The van der Waals surface area contributed by atoms with Crippen molar-refractivity contribution in [1.29, 1.82) is 0 Å². The van der Waals surface area contributed by atoms with Crippen LogP contribution in [-0.4, -0.2) is 37.1 Å². The van der Waals surface area contributed by atoms with Gasteiger partial charge in [0.15, 0.2) is 0 Å². The third-order valence-corrected chi connectivity index (χ3v) is 3.75. The first-order valence-corrected chi connectivity index (χ1v) is 6.27. The molecule has 0 aromatic heterocycles. The van der Waals surface area contributed by atoms with Crippen LogP contribution in [0.2, 0.25) is 0 Å². The van der Waals surface area contributed by atoms with E-state index in [2.05, 4.69) is 0 Å². The fourth-order valence-corrected chi connectivity index (χ4v) is 2.25. The fraction of sp³-hybridized carbons (Fsp3) is 0.429. The van der Waals surface area contributed by atoms with Gasteiger partial charge in [0.1, 0.15) is 6.04 Å². The van der Waals surface area contributed by atoms with Crippen molar-refractivity contribution in [3.63, 3.8) is 0 Å². The van der Waals surface area contributed by atoms with Crippen molar-refractivity contribution < 1.29 is 14.7 Å². The summed E-state index contributed by atoms with van der Waals surface area (Å²) in [7, 11) is 3.53. The minimum Gasteiger partial charge on any atom is -0.480 e. The molecule has 0 fully saturated rings. The molecule has 1 aliphatic heterocycles. The van der Waals surface area contributed by atoms with Crippen LogP contribution >= 0.6 is 0 Å². The number of nitrogens with zero attached hydrogens (tertiary/aromatic N) is 2. The number of carbonyl (C=O) groups excluding carboxylic acids is 1. The summed E-state index contributed by atoms with van der Waals surface area (Å²) in [6, 6.07) is 5.12. The third-order valence-electron chi connectivity index (χ3n) is 3.75. The number of hydrogen-bond donors (Lipinski definition) is 1. The Hall–Kier alpha value is -2.04. The van der Waals surface area contributed by atoms with Crippen LogP contribution < -0.4 is 9.80 Å². The van der Waals surface area contributed by atoms with Crippen LogP contribution in [0.25, 0.3) is 0 Å². The highest BCUT2D eigenvalue weighted by Crippen LogP contribution is 2.30. The lowest BCUT2D eigenvalue weighted by molar-refractivity contribution is -0.138. The highest BCUT2D eigenvalue weighted by Gasteiger charge is 2.23. The van der Waals surface area contributed by atoms with Crippen molar-refractivity contribution in [3.8, 4) is 0 Å². The lowest BCUT2D eigenvalue weighted by Crippen LogP contribution is -2.36. The van der Waals surface area contributed by atoms with Gasteiger partial charge in [-0.15, -0.1) is 0 Å². The molecular weight excluding hydrogens is 244 g/mol. The molecule has 0 spiro atoms. The van der Waals surface area contributed by atoms with Crippen molar-refractivity contribution in [2.45, 2.75) is 25.8 Å². The van der Waals surface area contributed by atoms with Crippen LogP contribution in [0.15, 0.2) is 18.2 Å². The SMILES string of the molecule is CC(C(=O)O)N(C)c1ccc2c(c1)CCC(=O)N2C. The maximum absolute atomic E-state index is 11.6. The number of anilines is 2. The summed E-state index contributed by atoms with van der Waals surface area (Å²) >= 11 is 0. The van der Waals surface area contributed by atoms with Crippen LogP contribution in [0.3, 0.4) is 0 Å². The average Bonchev–Trinajstić information content (AvgIpc) is 2.40. The minimum absolute atomic E-state index is 0.118. The normalized spacial score (nSPS) is 15.9. The van der Waals surface area contributed by atoms with E-state index in [4.69, 9.17) is 5.11 Å². The van der Waals surface area contributed by atoms with Gasteiger partial charge in [0.25, 0.3) is 0 Å². The largest absolute Gasteiger partial charge is 0.480 e. The van der Waals surface area contributed by atoms with Crippen LogP contribution in [0, 0.1) is 0 Å². The summed E-state index contributed by atoms with van der Waals surface area (Å²) in [6.07, 6.45) is 1.22. The van der Waals surface area contributed by atoms with Gasteiger partial charge in [0.05, 0.1) is 0 Å². The van der Waals surface area contributed by atoms with E-state index in [9.17, 15) is 9.59 Å². The standard InChI is InChI=1S/C14H18N2O3/c1-9(14(18)19)15(2)11-5-6-12-10(8-11)4-7-13(17)16(12)3/h5-6,8-9H,4,7H2,1-3H3,(H,18,19). The van der Waals surface area contributed by atoms with Crippen molar-refractivity contribution in [2.24, 2.45) is 0 Å². The van der Waals surface area contributed by atoms with Crippen LogP contribution in [-0.2, 0) is 16.0 Å². The summed E-state index contributed by atoms with van der Waals surface area (Å²) in [4.78, 5) is 26.0. The second-order valence-electron chi connectivity index (χ2n) is 4.89. The smallest absolute Gasteiger partial charge is 0.326 e. The highest BCUT2D eigenvalue weighted by molar-refractivity contribution is 5.96. The molecule has 5 nitrogen and oxygen atoms in total. The Kier molecular flexibility index (Phi) is 3.46. The zero-order chi connectivity index (χ0) is 14.2. The number of aryl methyl sites for hydroxylation is 1. The molecule has 0 aliphatic carbocycles. The number of rotatable bonds is 3. The molecule has 0 saturated heterocycles. The van der Waals surface area contributed by atoms with E-state index in [1.807, 2.05) is 18.2 Å². The number of carbonyl (C=O) groups is 2. The lowest BCUT2D eigenvalue weighted by atomic mass is 10.0. The Morgan fingerprint density at radius 1 is 1.42 bits per heavy atom.